The molecule has 16 nitrogen and oxygen atoms in total. The first-order chi connectivity index (χ1) is 33.7. The Labute approximate surface area is 417 Å². The van der Waals surface area contributed by atoms with Crippen molar-refractivity contribution >= 4 is 45.7 Å². The molecule has 9 rings (SSSR count). The Morgan fingerprint density at radius 2 is 1.83 bits per heavy atom. The van der Waals surface area contributed by atoms with Gasteiger partial charge in [0.1, 0.15) is 23.2 Å². The van der Waals surface area contributed by atoms with E-state index < -0.39 is 29.6 Å². The first-order valence-corrected chi connectivity index (χ1v) is 26.6. The van der Waals surface area contributed by atoms with Crippen molar-refractivity contribution in [3.63, 3.8) is 0 Å². The number of fused-ring (bicyclic) bond motifs is 6. The minimum Gasteiger partial charge on any atom is -0.464 e. The van der Waals surface area contributed by atoms with Crippen LogP contribution in [0, 0.1) is 23.2 Å². The van der Waals surface area contributed by atoms with Crippen molar-refractivity contribution in [2.24, 2.45) is 23.2 Å². The fourth-order valence-electron chi connectivity index (χ4n) is 10.9. The molecule has 1 aliphatic carbocycles. The zero-order chi connectivity index (χ0) is 49.3. The van der Waals surface area contributed by atoms with Gasteiger partial charge in [-0.3, -0.25) is 24.4 Å². The molecule has 3 saturated heterocycles. The zero-order valence-corrected chi connectivity index (χ0v) is 43.3. The number of rotatable bonds is 12. The van der Waals surface area contributed by atoms with Gasteiger partial charge < -0.3 is 43.4 Å². The third kappa shape index (κ3) is 10.8. The number of methoxy groups -OCH3 is 1. The molecule has 2 N–H and O–H groups in total. The highest BCUT2D eigenvalue weighted by Gasteiger charge is 2.50. The normalized spacial score (nSPS) is 26.4. The summed E-state index contributed by atoms with van der Waals surface area (Å²) in [6.45, 7) is 19.4. The molecule has 4 fully saturated rings. The van der Waals surface area contributed by atoms with Gasteiger partial charge in [0.15, 0.2) is 0 Å². The van der Waals surface area contributed by atoms with Gasteiger partial charge in [-0.25, -0.2) is 10.4 Å². The summed E-state index contributed by atoms with van der Waals surface area (Å²) in [5.41, 5.74) is 10.4. The van der Waals surface area contributed by atoms with Crippen LogP contribution in [0.2, 0.25) is 0 Å². The van der Waals surface area contributed by atoms with E-state index in [2.05, 4.69) is 91.0 Å². The fraction of sp³-hybridized carbons (Fsp3) is 0.642. The number of nitrogens with zero attached hydrogens (tertiary/aromatic N) is 6. The molecule has 5 aliphatic rings. The highest BCUT2D eigenvalue weighted by atomic mass is 32.1. The number of anilines is 1. The second kappa shape index (κ2) is 21.7. The molecular weight excluding hydrogens is 909 g/mol. The molecule has 6 bridgehead atoms. The van der Waals surface area contributed by atoms with Crippen LogP contribution in [0.5, 0.6) is 0 Å². The van der Waals surface area contributed by atoms with Crippen molar-refractivity contribution in [1.29, 1.82) is 0 Å². The quantitative estimate of drug-likeness (QED) is 0.140. The molecular formula is C53H74N8O8S. The number of aromatic nitrogens is 3. The minimum absolute atomic E-state index is 0.124. The van der Waals surface area contributed by atoms with Gasteiger partial charge in [0.05, 0.1) is 54.4 Å². The number of nitrogens with one attached hydrogen (secondary N) is 2. The predicted octanol–water partition coefficient (Wildman–Crippen LogP) is 6.96. The molecule has 1 unspecified atom stereocenters. The maximum Gasteiger partial charge on any atom is 0.324 e. The van der Waals surface area contributed by atoms with E-state index >= 15 is 0 Å². The van der Waals surface area contributed by atoms with Gasteiger partial charge in [0.2, 0.25) is 5.91 Å². The molecule has 4 aromatic rings. The van der Waals surface area contributed by atoms with Gasteiger partial charge in [-0.2, -0.15) is 0 Å². The third-order valence-corrected chi connectivity index (χ3v) is 16.3. The highest BCUT2D eigenvalue weighted by Crippen LogP contribution is 2.46. The Morgan fingerprint density at radius 3 is 2.59 bits per heavy atom. The summed E-state index contributed by atoms with van der Waals surface area (Å²) < 4.78 is 33.5. The summed E-state index contributed by atoms with van der Waals surface area (Å²) in [4.78, 5) is 58.1. The SMILES string of the molecule is CCO[C@@H]1c2nc(cs2)-c2ccc3c(c2)c(c(-c2cc(N4CCCN(C)CC4)cnc2[C@H](C)OC)n3CCOC2CCOCC2)CC(C)(C)COC(=O)[C@@H]2CCCN(N2)C(=O)[C@H]1NC(=O)C1[C@@H](C)[C@H]1C. The number of carbonyl (C=O) groups excluding carboxylic acids is 3. The van der Waals surface area contributed by atoms with Crippen molar-refractivity contribution < 1.29 is 38.1 Å². The number of benzene rings is 1. The average Bonchev–Trinajstić information content (AvgIpc) is 3.63. The van der Waals surface area contributed by atoms with Gasteiger partial charge in [0.25, 0.3) is 5.91 Å². The lowest BCUT2D eigenvalue weighted by molar-refractivity contribution is -0.156. The van der Waals surface area contributed by atoms with Gasteiger partial charge in [-0.15, -0.1) is 11.3 Å². The first kappa shape index (κ1) is 50.5. The molecule has 17 heteroatoms. The smallest absolute Gasteiger partial charge is 0.324 e. The number of hydrazine groups is 1. The summed E-state index contributed by atoms with van der Waals surface area (Å²) in [6.07, 6.45) is 5.33. The lowest BCUT2D eigenvalue weighted by Gasteiger charge is -2.37. The molecule has 4 aliphatic heterocycles. The molecule has 7 atom stereocenters. The number of ether oxygens (including phenoxy) is 5. The average molecular weight is 983 g/mol. The van der Waals surface area contributed by atoms with Gasteiger partial charge in [0, 0.05) is 98.4 Å². The van der Waals surface area contributed by atoms with Crippen LogP contribution in [0.15, 0.2) is 35.8 Å². The third-order valence-electron chi connectivity index (χ3n) is 15.4. The molecule has 7 heterocycles. The zero-order valence-electron chi connectivity index (χ0n) is 42.5. The topological polar surface area (TPSA) is 162 Å². The summed E-state index contributed by atoms with van der Waals surface area (Å²) in [5, 5.41) is 8.23. The largest absolute Gasteiger partial charge is 0.464 e. The Morgan fingerprint density at radius 1 is 1.03 bits per heavy atom. The number of thiazole rings is 1. The molecule has 1 aromatic carbocycles. The number of amides is 2. The molecule has 3 aromatic heterocycles. The molecule has 380 valence electrons. The number of hydrogen-bond acceptors (Lipinski definition) is 14. The minimum atomic E-state index is -1.09. The number of esters is 1. The lowest BCUT2D eigenvalue weighted by atomic mass is 9.84. The highest BCUT2D eigenvalue weighted by molar-refractivity contribution is 7.10. The van der Waals surface area contributed by atoms with E-state index in [0.29, 0.717) is 57.2 Å². The fourth-order valence-corrected chi connectivity index (χ4v) is 11.8. The number of pyridine rings is 1. The van der Waals surface area contributed by atoms with Gasteiger partial charge >= 0.3 is 5.97 Å². The number of cyclic esters (lactones) is 1. The van der Waals surface area contributed by atoms with Crippen LogP contribution in [-0.4, -0.2) is 140 Å². The number of likely N-dealkylation sites (N-methyl/N-ethyl adjacent to an activating group) is 1. The van der Waals surface area contributed by atoms with Crippen LogP contribution in [-0.2, 0) is 51.0 Å². The molecule has 0 radical (unpaired) electrons. The summed E-state index contributed by atoms with van der Waals surface area (Å²) in [6, 6.07) is 6.98. The van der Waals surface area contributed by atoms with Crippen molar-refractivity contribution in [1.82, 2.24) is 35.2 Å². The second-order valence-corrected chi connectivity index (χ2v) is 21.9. The van der Waals surface area contributed by atoms with Crippen LogP contribution in [0.3, 0.4) is 0 Å². The van der Waals surface area contributed by atoms with Crippen LogP contribution >= 0.6 is 11.3 Å². The second-order valence-electron chi connectivity index (χ2n) is 21.0. The van der Waals surface area contributed by atoms with E-state index in [1.807, 2.05) is 18.5 Å². The number of carbonyl (C=O) groups is 3. The van der Waals surface area contributed by atoms with E-state index in [9.17, 15) is 14.4 Å². The maximum absolute atomic E-state index is 14.7. The summed E-state index contributed by atoms with van der Waals surface area (Å²) in [7, 11) is 3.91. The monoisotopic (exact) mass is 983 g/mol. The van der Waals surface area contributed by atoms with Crippen LogP contribution < -0.4 is 15.6 Å². The molecule has 1 saturated carbocycles. The van der Waals surface area contributed by atoms with Crippen molar-refractivity contribution in [2.45, 2.75) is 117 Å². The van der Waals surface area contributed by atoms with Gasteiger partial charge in [-0.05, 0) is 102 Å². The Bertz CT molecular complexity index is 2500. The molecule has 0 spiro atoms. The lowest BCUT2D eigenvalue weighted by Crippen LogP contribution is -2.61. The van der Waals surface area contributed by atoms with E-state index in [1.165, 1.54) is 16.3 Å². The standard InChI is InChI=1S/C53H74N8O8S/c1-9-67-48-46(56-49(62)44-32(2)33(44)3)51(63)61-19-10-12-41(57-61)52(64)69-31-53(5,6)28-40-38-26-35(42-30-70-50(48)55-42)13-14-43(38)60(22-25-68-37-15-23-66-24-16-37)47(40)39-27-36(29-54-45(39)34(4)65-8)59-18-11-17-58(7)20-21-59/h13-14,26-27,29-30,32-34,37,41,44,46,48,57H,9-12,15-25,28,31H2,1-8H3,(H,56,62)/t32-,33+,34-,41-,44?,46-,48-/m0/s1. The van der Waals surface area contributed by atoms with Gasteiger partial charge in [-0.1, -0.05) is 33.8 Å². The molecule has 70 heavy (non-hydrogen) atoms. The van der Waals surface area contributed by atoms with E-state index in [-0.39, 0.29) is 55.0 Å². The van der Waals surface area contributed by atoms with Crippen LogP contribution in [0.4, 0.5) is 5.69 Å². The Hall–Kier alpha value is -4.49. The van der Waals surface area contributed by atoms with Crippen LogP contribution in [0.25, 0.3) is 33.4 Å². The maximum atomic E-state index is 14.7. The van der Waals surface area contributed by atoms with Crippen molar-refractivity contribution in [3.8, 4) is 22.5 Å². The Balaban J connectivity index is 1.21. The molecule has 2 amide bonds. The summed E-state index contributed by atoms with van der Waals surface area (Å²) >= 11 is 1.41. The predicted molar refractivity (Wildman–Crippen MR) is 270 cm³/mol. The summed E-state index contributed by atoms with van der Waals surface area (Å²) in [5.74, 6) is -0.788. The Kier molecular flexibility index (Phi) is 15.6. The number of hydrogen-bond donors (Lipinski definition) is 2. The van der Waals surface area contributed by atoms with E-state index in [0.717, 1.165) is 95.8 Å². The van der Waals surface area contributed by atoms with Crippen LogP contribution in [0.1, 0.15) is 102 Å². The van der Waals surface area contributed by atoms with Crippen molar-refractivity contribution in [2.75, 3.05) is 84.8 Å². The van der Waals surface area contributed by atoms with E-state index in [4.69, 9.17) is 33.7 Å². The first-order valence-electron chi connectivity index (χ1n) is 25.7. The van der Waals surface area contributed by atoms with Crippen molar-refractivity contribution in [3.05, 3.63) is 52.1 Å². The van der Waals surface area contributed by atoms with E-state index in [1.54, 1.807) is 7.11 Å².